The SMILES string of the molecule is Cc1ccccc1CNC(=O)NC(=O)c1c(N)cccc1C(=O)O. The number of benzene rings is 2. The summed E-state index contributed by atoms with van der Waals surface area (Å²) in [6, 6.07) is 10.8. The van der Waals surface area contributed by atoms with Crippen LogP contribution in [0.25, 0.3) is 0 Å². The molecule has 7 nitrogen and oxygen atoms in total. The summed E-state index contributed by atoms with van der Waals surface area (Å²) in [5.41, 5.74) is 7.06. The lowest BCUT2D eigenvalue weighted by Gasteiger charge is -2.11. The monoisotopic (exact) mass is 327 g/mol. The number of urea groups is 1. The Morgan fingerprint density at radius 2 is 1.79 bits per heavy atom. The Balaban J connectivity index is 2.06. The molecule has 0 saturated carbocycles. The molecule has 0 bridgehead atoms. The Bertz CT molecular complexity index is 802. The van der Waals surface area contributed by atoms with Crippen LogP contribution in [-0.2, 0) is 6.54 Å². The van der Waals surface area contributed by atoms with Crippen LogP contribution in [0.5, 0.6) is 0 Å². The van der Waals surface area contributed by atoms with Gasteiger partial charge < -0.3 is 16.2 Å². The highest BCUT2D eigenvalue weighted by Gasteiger charge is 2.20. The average Bonchev–Trinajstić information content (AvgIpc) is 2.53. The van der Waals surface area contributed by atoms with Crippen LogP contribution in [0.15, 0.2) is 42.5 Å². The van der Waals surface area contributed by atoms with Crippen LogP contribution in [0.4, 0.5) is 10.5 Å². The van der Waals surface area contributed by atoms with E-state index in [1.807, 2.05) is 31.2 Å². The molecule has 0 spiro atoms. The Hall–Kier alpha value is -3.35. The molecule has 0 aliphatic heterocycles. The predicted molar refractivity (Wildman–Crippen MR) is 88.7 cm³/mol. The highest BCUT2D eigenvalue weighted by atomic mass is 16.4. The number of carboxylic acid groups (broad SMARTS) is 1. The fraction of sp³-hybridized carbons (Fsp3) is 0.118. The average molecular weight is 327 g/mol. The number of carbonyl (C=O) groups is 3. The van der Waals surface area contributed by atoms with Gasteiger partial charge in [0.2, 0.25) is 0 Å². The Kier molecular flexibility index (Phi) is 5.16. The number of amides is 3. The Morgan fingerprint density at radius 1 is 1.08 bits per heavy atom. The molecule has 24 heavy (non-hydrogen) atoms. The zero-order valence-electron chi connectivity index (χ0n) is 13.0. The van der Waals surface area contributed by atoms with Crippen molar-refractivity contribution in [3.05, 3.63) is 64.7 Å². The van der Waals surface area contributed by atoms with Crippen LogP contribution in [-0.4, -0.2) is 23.0 Å². The van der Waals surface area contributed by atoms with Crippen molar-refractivity contribution in [2.45, 2.75) is 13.5 Å². The zero-order chi connectivity index (χ0) is 17.7. The lowest BCUT2D eigenvalue weighted by molar-refractivity contribution is 0.0691. The minimum atomic E-state index is -1.30. The number of aryl methyl sites for hydroxylation is 1. The molecule has 124 valence electrons. The first-order chi connectivity index (χ1) is 11.4. The van der Waals surface area contributed by atoms with Gasteiger partial charge in [-0.3, -0.25) is 10.1 Å². The molecule has 0 aliphatic carbocycles. The molecule has 7 heteroatoms. The molecule has 2 aromatic rings. The summed E-state index contributed by atoms with van der Waals surface area (Å²) >= 11 is 0. The quantitative estimate of drug-likeness (QED) is 0.639. The molecule has 0 radical (unpaired) electrons. The standard InChI is InChI=1S/C17H17N3O4/c1-10-5-2-3-6-11(10)9-19-17(24)20-15(21)14-12(16(22)23)7-4-8-13(14)18/h2-8H,9,18H2,1H3,(H,22,23)(H2,19,20,21,24). The van der Waals surface area contributed by atoms with Crippen molar-refractivity contribution in [2.24, 2.45) is 0 Å². The number of aromatic carboxylic acids is 1. The van der Waals surface area contributed by atoms with E-state index >= 15 is 0 Å². The minimum Gasteiger partial charge on any atom is -0.478 e. The number of carboxylic acids is 1. The largest absolute Gasteiger partial charge is 0.478 e. The number of rotatable bonds is 4. The normalized spacial score (nSPS) is 10.0. The number of imide groups is 1. The number of hydrogen-bond donors (Lipinski definition) is 4. The van der Waals surface area contributed by atoms with Gasteiger partial charge in [-0.1, -0.05) is 30.3 Å². The van der Waals surface area contributed by atoms with Crippen LogP contribution < -0.4 is 16.4 Å². The molecule has 0 atom stereocenters. The minimum absolute atomic E-state index is 0.0147. The fourth-order valence-electron chi connectivity index (χ4n) is 2.20. The number of hydrogen-bond acceptors (Lipinski definition) is 4. The van der Waals surface area contributed by atoms with Crippen molar-refractivity contribution in [2.75, 3.05) is 5.73 Å². The van der Waals surface area contributed by atoms with Crippen molar-refractivity contribution in [3.63, 3.8) is 0 Å². The highest BCUT2D eigenvalue weighted by Crippen LogP contribution is 2.17. The van der Waals surface area contributed by atoms with E-state index in [0.717, 1.165) is 11.1 Å². The summed E-state index contributed by atoms with van der Waals surface area (Å²) in [6.07, 6.45) is 0. The second-order valence-corrected chi connectivity index (χ2v) is 5.14. The first-order valence-corrected chi connectivity index (χ1v) is 7.15. The molecular formula is C17H17N3O4. The number of nitrogens with two attached hydrogens (primary N) is 1. The Morgan fingerprint density at radius 3 is 2.46 bits per heavy atom. The second kappa shape index (κ2) is 7.28. The summed E-state index contributed by atoms with van der Waals surface area (Å²) in [6.45, 7) is 2.14. The topological polar surface area (TPSA) is 122 Å². The molecular weight excluding hydrogens is 310 g/mol. The van der Waals surface area contributed by atoms with Gasteiger partial charge in [0.15, 0.2) is 0 Å². The van der Waals surface area contributed by atoms with Gasteiger partial charge in [0.1, 0.15) is 0 Å². The number of carbonyl (C=O) groups excluding carboxylic acids is 2. The zero-order valence-corrected chi connectivity index (χ0v) is 13.0. The first-order valence-electron chi connectivity index (χ1n) is 7.15. The second-order valence-electron chi connectivity index (χ2n) is 5.14. The van der Waals surface area contributed by atoms with E-state index in [1.54, 1.807) is 0 Å². The maximum absolute atomic E-state index is 12.2. The van der Waals surface area contributed by atoms with Gasteiger partial charge in [-0.25, -0.2) is 9.59 Å². The maximum atomic E-state index is 12.2. The third kappa shape index (κ3) is 3.89. The molecule has 0 fully saturated rings. The van der Waals surface area contributed by atoms with E-state index < -0.39 is 17.9 Å². The molecule has 0 aliphatic rings. The van der Waals surface area contributed by atoms with Crippen LogP contribution in [0.1, 0.15) is 31.8 Å². The molecule has 0 saturated heterocycles. The maximum Gasteiger partial charge on any atom is 0.336 e. The highest BCUT2D eigenvalue weighted by molar-refractivity contribution is 6.12. The summed E-state index contributed by atoms with van der Waals surface area (Å²) < 4.78 is 0. The molecule has 0 heterocycles. The number of nitrogen functional groups attached to an aromatic ring is 1. The molecule has 0 unspecified atom stereocenters. The number of anilines is 1. The molecule has 2 rings (SSSR count). The molecule has 5 N–H and O–H groups in total. The van der Waals surface area contributed by atoms with Gasteiger partial charge in [0.25, 0.3) is 5.91 Å². The smallest absolute Gasteiger partial charge is 0.336 e. The lowest BCUT2D eigenvalue weighted by Crippen LogP contribution is -2.40. The van der Waals surface area contributed by atoms with E-state index in [4.69, 9.17) is 10.8 Å². The van der Waals surface area contributed by atoms with Crippen molar-refractivity contribution in [1.29, 1.82) is 0 Å². The van der Waals surface area contributed by atoms with Crippen molar-refractivity contribution in [3.8, 4) is 0 Å². The van der Waals surface area contributed by atoms with Gasteiger partial charge in [0.05, 0.1) is 11.1 Å². The fourth-order valence-corrected chi connectivity index (χ4v) is 2.20. The predicted octanol–water partition coefficient (Wildman–Crippen LogP) is 1.92. The third-order valence-corrected chi connectivity index (χ3v) is 3.48. The van der Waals surface area contributed by atoms with Gasteiger partial charge in [0, 0.05) is 12.2 Å². The molecule has 2 aromatic carbocycles. The van der Waals surface area contributed by atoms with Crippen LogP contribution in [0.3, 0.4) is 0 Å². The number of nitrogens with one attached hydrogen (secondary N) is 2. The van der Waals surface area contributed by atoms with E-state index in [9.17, 15) is 14.4 Å². The first kappa shape index (κ1) is 17.0. The van der Waals surface area contributed by atoms with Gasteiger partial charge >= 0.3 is 12.0 Å². The lowest BCUT2D eigenvalue weighted by atomic mass is 10.0. The van der Waals surface area contributed by atoms with Crippen LogP contribution >= 0.6 is 0 Å². The Labute approximate surface area is 138 Å². The van der Waals surface area contributed by atoms with E-state index in [1.165, 1.54) is 18.2 Å². The van der Waals surface area contributed by atoms with Gasteiger partial charge in [-0.15, -0.1) is 0 Å². The summed E-state index contributed by atoms with van der Waals surface area (Å²) in [4.78, 5) is 35.2. The van der Waals surface area contributed by atoms with Crippen molar-refractivity contribution in [1.82, 2.24) is 10.6 Å². The van der Waals surface area contributed by atoms with Crippen molar-refractivity contribution >= 4 is 23.6 Å². The van der Waals surface area contributed by atoms with Crippen LogP contribution in [0, 0.1) is 6.92 Å². The summed E-state index contributed by atoms with van der Waals surface area (Å²) in [7, 11) is 0. The van der Waals surface area contributed by atoms with Gasteiger partial charge in [-0.05, 0) is 30.2 Å². The van der Waals surface area contributed by atoms with E-state index in [0.29, 0.717) is 0 Å². The van der Waals surface area contributed by atoms with E-state index in [2.05, 4.69) is 10.6 Å². The third-order valence-electron chi connectivity index (χ3n) is 3.48. The summed E-state index contributed by atoms with van der Waals surface area (Å²) in [5.74, 6) is -2.17. The molecule has 3 amide bonds. The summed E-state index contributed by atoms with van der Waals surface area (Å²) in [5, 5.41) is 13.8. The van der Waals surface area contributed by atoms with Crippen molar-refractivity contribution < 1.29 is 19.5 Å². The van der Waals surface area contributed by atoms with Gasteiger partial charge in [-0.2, -0.15) is 0 Å². The van der Waals surface area contributed by atoms with Crippen LogP contribution in [0.2, 0.25) is 0 Å². The van der Waals surface area contributed by atoms with E-state index in [-0.39, 0.29) is 23.4 Å². The molecule has 0 aromatic heterocycles.